The van der Waals surface area contributed by atoms with E-state index >= 15 is 0 Å². The molecule has 1 atom stereocenters. The number of aryl methyl sites for hydroxylation is 2. The lowest BCUT2D eigenvalue weighted by Gasteiger charge is -2.27. The molecule has 3 rings (SSSR count). The SMILES string of the molecule is Cc1cc(CCC(C)(c2ccccc2)S(N)(=O)=O)[nH]c1C(=O)c1ccc(Cl)cc1. The molecular formula is C22H23ClN2O3S. The molecule has 7 heteroatoms. The normalized spacial score (nSPS) is 13.8. The van der Waals surface area contributed by atoms with E-state index in [0.717, 1.165) is 11.3 Å². The Morgan fingerprint density at radius 1 is 1.10 bits per heavy atom. The number of aromatic nitrogens is 1. The van der Waals surface area contributed by atoms with Crippen molar-refractivity contribution in [2.75, 3.05) is 0 Å². The van der Waals surface area contributed by atoms with Crippen LogP contribution in [-0.2, 0) is 21.2 Å². The standard InChI is InChI=1S/C22H23ClN2O3S/c1-15-14-19(25-20(15)21(26)16-8-10-18(23)11-9-16)12-13-22(2,29(24,27)28)17-6-4-3-5-7-17/h3-11,14,25H,12-13H2,1-2H3,(H2,24,27,28). The van der Waals surface area contributed by atoms with Gasteiger partial charge in [-0.25, -0.2) is 13.6 Å². The molecule has 3 aromatic rings. The van der Waals surface area contributed by atoms with Crippen LogP contribution >= 0.6 is 11.6 Å². The van der Waals surface area contributed by atoms with Crippen molar-refractivity contribution < 1.29 is 13.2 Å². The third-order valence-electron chi connectivity index (χ3n) is 5.29. The molecule has 0 aliphatic carbocycles. The molecule has 0 spiro atoms. The Balaban J connectivity index is 1.85. The zero-order chi connectivity index (χ0) is 21.2. The monoisotopic (exact) mass is 430 g/mol. The van der Waals surface area contributed by atoms with Gasteiger partial charge in [-0.2, -0.15) is 0 Å². The molecule has 3 N–H and O–H groups in total. The van der Waals surface area contributed by atoms with Gasteiger partial charge in [0.15, 0.2) is 0 Å². The second-order valence-electron chi connectivity index (χ2n) is 7.33. The van der Waals surface area contributed by atoms with Gasteiger partial charge in [-0.3, -0.25) is 4.79 Å². The van der Waals surface area contributed by atoms with E-state index in [2.05, 4.69) is 4.98 Å². The summed E-state index contributed by atoms with van der Waals surface area (Å²) in [4.78, 5) is 15.9. The largest absolute Gasteiger partial charge is 0.355 e. The van der Waals surface area contributed by atoms with Gasteiger partial charge in [0.2, 0.25) is 15.8 Å². The van der Waals surface area contributed by atoms with Crippen LogP contribution in [0.4, 0.5) is 0 Å². The van der Waals surface area contributed by atoms with Crippen molar-refractivity contribution in [3.05, 3.63) is 93.8 Å². The number of nitrogens with two attached hydrogens (primary N) is 1. The summed E-state index contributed by atoms with van der Waals surface area (Å²) in [5.74, 6) is -0.136. The van der Waals surface area contributed by atoms with Gasteiger partial charge >= 0.3 is 0 Å². The van der Waals surface area contributed by atoms with Crippen molar-refractivity contribution in [3.8, 4) is 0 Å². The van der Waals surface area contributed by atoms with Crippen LogP contribution < -0.4 is 5.14 Å². The number of ketones is 1. The first-order valence-electron chi connectivity index (χ1n) is 9.18. The molecule has 0 aliphatic rings. The third-order valence-corrected chi connectivity index (χ3v) is 7.24. The first-order valence-corrected chi connectivity index (χ1v) is 11.1. The molecule has 29 heavy (non-hydrogen) atoms. The van der Waals surface area contributed by atoms with E-state index in [1.165, 1.54) is 0 Å². The van der Waals surface area contributed by atoms with E-state index in [0.29, 0.717) is 28.3 Å². The summed E-state index contributed by atoms with van der Waals surface area (Å²) in [5, 5.41) is 6.14. The summed E-state index contributed by atoms with van der Waals surface area (Å²) in [7, 11) is -3.85. The molecule has 2 aromatic carbocycles. The zero-order valence-electron chi connectivity index (χ0n) is 16.3. The van der Waals surface area contributed by atoms with Crippen LogP contribution in [0.15, 0.2) is 60.7 Å². The van der Waals surface area contributed by atoms with Gasteiger partial charge in [0.1, 0.15) is 4.75 Å². The Morgan fingerprint density at radius 3 is 2.31 bits per heavy atom. The summed E-state index contributed by atoms with van der Waals surface area (Å²) in [6.45, 7) is 3.48. The molecule has 0 amide bonds. The van der Waals surface area contributed by atoms with Crippen molar-refractivity contribution in [1.29, 1.82) is 0 Å². The molecule has 152 valence electrons. The Bertz CT molecular complexity index is 1120. The summed E-state index contributed by atoms with van der Waals surface area (Å²) >= 11 is 5.89. The highest BCUT2D eigenvalue weighted by Gasteiger charge is 2.38. The van der Waals surface area contributed by atoms with Gasteiger partial charge in [-0.05, 0) is 68.1 Å². The number of carbonyl (C=O) groups is 1. The van der Waals surface area contributed by atoms with Gasteiger partial charge < -0.3 is 4.98 Å². The average Bonchev–Trinajstić information content (AvgIpc) is 3.06. The van der Waals surface area contributed by atoms with Crippen LogP contribution in [0.1, 0.15) is 46.2 Å². The average molecular weight is 431 g/mol. The highest BCUT2D eigenvalue weighted by molar-refractivity contribution is 7.90. The fourth-order valence-electron chi connectivity index (χ4n) is 3.36. The first-order chi connectivity index (χ1) is 13.6. The Labute approximate surface area is 176 Å². The Hall–Kier alpha value is -2.41. The van der Waals surface area contributed by atoms with Gasteiger partial charge in [-0.1, -0.05) is 41.9 Å². The molecule has 0 aliphatic heterocycles. The summed E-state index contributed by atoms with van der Waals surface area (Å²) < 4.78 is 23.5. The molecule has 5 nitrogen and oxygen atoms in total. The van der Waals surface area contributed by atoms with Crippen molar-refractivity contribution in [3.63, 3.8) is 0 Å². The Kier molecular flexibility index (Phi) is 5.98. The van der Waals surface area contributed by atoms with Crippen LogP contribution in [0.3, 0.4) is 0 Å². The minimum atomic E-state index is -3.85. The minimum absolute atomic E-state index is 0.136. The maximum Gasteiger partial charge on any atom is 0.218 e. The molecule has 0 radical (unpaired) electrons. The molecule has 0 bridgehead atoms. The van der Waals surface area contributed by atoms with Crippen molar-refractivity contribution in [2.24, 2.45) is 5.14 Å². The van der Waals surface area contributed by atoms with E-state index < -0.39 is 14.8 Å². The van der Waals surface area contributed by atoms with Crippen LogP contribution in [0.5, 0.6) is 0 Å². The summed E-state index contributed by atoms with van der Waals surface area (Å²) in [6.07, 6.45) is 0.709. The summed E-state index contributed by atoms with van der Waals surface area (Å²) in [6, 6.07) is 17.5. The first kappa shape index (κ1) is 21.3. The lowest BCUT2D eigenvalue weighted by Crippen LogP contribution is -2.38. The number of aromatic amines is 1. The maximum absolute atomic E-state index is 12.8. The molecule has 1 unspecified atom stereocenters. The molecule has 0 saturated carbocycles. The molecule has 0 fully saturated rings. The van der Waals surface area contributed by atoms with E-state index in [9.17, 15) is 13.2 Å². The number of carbonyl (C=O) groups excluding carboxylic acids is 1. The van der Waals surface area contributed by atoms with E-state index in [4.69, 9.17) is 16.7 Å². The number of hydrogen-bond acceptors (Lipinski definition) is 3. The molecule has 0 saturated heterocycles. The highest BCUT2D eigenvalue weighted by atomic mass is 35.5. The van der Waals surface area contributed by atoms with E-state index in [1.807, 2.05) is 19.1 Å². The topological polar surface area (TPSA) is 93.0 Å². The highest BCUT2D eigenvalue weighted by Crippen LogP contribution is 2.33. The lowest BCUT2D eigenvalue weighted by molar-refractivity contribution is 0.103. The number of primary sulfonamides is 1. The number of nitrogens with one attached hydrogen (secondary N) is 1. The zero-order valence-corrected chi connectivity index (χ0v) is 17.8. The Morgan fingerprint density at radius 2 is 1.72 bits per heavy atom. The number of sulfonamides is 1. The van der Waals surface area contributed by atoms with Crippen molar-refractivity contribution in [2.45, 2.75) is 31.4 Å². The fraction of sp³-hybridized carbons (Fsp3) is 0.227. The quantitative estimate of drug-likeness (QED) is 0.546. The van der Waals surface area contributed by atoms with Gasteiger partial charge in [0.05, 0.1) is 5.69 Å². The van der Waals surface area contributed by atoms with Crippen LogP contribution in [0.25, 0.3) is 0 Å². The predicted molar refractivity (Wildman–Crippen MR) is 116 cm³/mol. The summed E-state index contributed by atoms with van der Waals surface area (Å²) in [5.41, 5.74) is 3.25. The number of benzene rings is 2. The van der Waals surface area contributed by atoms with E-state index in [1.54, 1.807) is 55.5 Å². The number of halogens is 1. The molecule has 1 aromatic heterocycles. The lowest BCUT2D eigenvalue weighted by atomic mass is 9.94. The smallest absolute Gasteiger partial charge is 0.218 e. The number of hydrogen-bond donors (Lipinski definition) is 2. The van der Waals surface area contributed by atoms with Gasteiger partial charge in [0, 0.05) is 16.3 Å². The fourth-order valence-corrected chi connectivity index (χ4v) is 4.34. The predicted octanol–water partition coefficient (Wildman–Crippen LogP) is 4.34. The van der Waals surface area contributed by atoms with Gasteiger partial charge in [0.25, 0.3) is 0 Å². The maximum atomic E-state index is 12.8. The number of H-pyrrole nitrogens is 1. The second kappa shape index (κ2) is 8.14. The third kappa shape index (κ3) is 4.45. The second-order valence-corrected chi connectivity index (χ2v) is 9.76. The van der Waals surface area contributed by atoms with Crippen molar-refractivity contribution in [1.82, 2.24) is 4.98 Å². The van der Waals surface area contributed by atoms with Crippen LogP contribution in [0.2, 0.25) is 5.02 Å². The molecule has 1 heterocycles. The van der Waals surface area contributed by atoms with Gasteiger partial charge in [-0.15, -0.1) is 0 Å². The van der Waals surface area contributed by atoms with Crippen molar-refractivity contribution >= 4 is 27.4 Å². The minimum Gasteiger partial charge on any atom is -0.355 e. The van der Waals surface area contributed by atoms with E-state index in [-0.39, 0.29) is 12.2 Å². The van der Waals surface area contributed by atoms with Crippen LogP contribution in [0, 0.1) is 6.92 Å². The number of rotatable bonds is 7. The van der Waals surface area contributed by atoms with Crippen LogP contribution in [-0.4, -0.2) is 19.2 Å². The molecular weight excluding hydrogens is 408 g/mol.